The maximum absolute atomic E-state index is 12.7. The average molecular weight is 383 g/mol. The normalized spacial score (nSPS) is 26.4. The lowest BCUT2D eigenvalue weighted by Gasteiger charge is -2.41. The standard InChI is InChI=1S/C17H19BrO5/c1-21-15(20)16(10-12-2-4-13(18)5-3-12)11-17(7-6-14(16)19)22-8-9-23-17/h2-5H,6-11H2,1H3. The molecule has 0 aromatic heterocycles. The van der Waals surface area contributed by atoms with E-state index in [4.69, 9.17) is 14.2 Å². The minimum atomic E-state index is -1.24. The second-order valence-electron chi connectivity index (χ2n) is 6.08. The van der Waals surface area contributed by atoms with Gasteiger partial charge in [-0.3, -0.25) is 9.59 Å². The molecule has 1 aromatic carbocycles. The van der Waals surface area contributed by atoms with Crippen LogP contribution in [0.3, 0.4) is 0 Å². The fourth-order valence-corrected chi connectivity index (χ4v) is 3.76. The van der Waals surface area contributed by atoms with Gasteiger partial charge in [0.15, 0.2) is 11.6 Å². The number of hydrogen-bond acceptors (Lipinski definition) is 5. The summed E-state index contributed by atoms with van der Waals surface area (Å²) in [5, 5.41) is 0. The van der Waals surface area contributed by atoms with Crippen molar-refractivity contribution in [3.63, 3.8) is 0 Å². The Balaban J connectivity index is 1.95. The van der Waals surface area contributed by atoms with Crippen molar-refractivity contribution in [2.24, 2.45) is 5.41 Å². The molecule has 1 aliphatic carbocycles. The molecule has 0 radical (unpaired) electrons. The number of benzene rings is 1. The van der Waals surface area contributed by atoms with Gasteiger partial charge < -0.3 is 14.2 Å². The van der Waals surface area contributed by atoms with Crippen LogP contribution in [0.4, 0.5) is 0 Å². The van der Waals surface area contributed by atoms with Crippen LogP contribution in [0, 0.1) is 5.41 Å². The Kier molecular flexibility index (Phi) is 4.58. The molecule has 1 unspecified atom stereocenters. The van der Waals surface area contributed by atoms with Crippen LogP contribution in [0.5, 0.6) is 0 Å². The van der Waals surface area contributed by atoms with Crippen LogP contribution in [0.2, 0.25) is 0 Å². The number of carbonyl (C=O) groups excluding carboxylic acids is 2. The van der Waals surface area contributed by atoms with E-state index in [0.717, 1.165) is 10.0 Å². The number of carbonyl (C=O) groups is 2. The van der Waals surface area contributed by atoms with Crippen LogP contribution in [0.1, 0.15) is 24.8 Å². The van der Waals surface area contributed by atoms with Crippen LogP contribution >= 0.6 is 15.9 Å². The summed E-state index contributed by atoms with van der Waals surface area (Å²) in [6.07, 6.45) is 1.25. The third kappa shape index (κ3) is 3.07. The van der Waals surface area contributed by atoms with E-state index < -0.39 is 17.2 Å². The zero-order valence-corrected chi connectivity index (χ0v) is 14.6. The average Bonchev–Trinajstić information content (AvgIpc) is 3.00. The molecule has 1 heterocycles. The van der Waals surface area contributed by atoms with Gasteiger partial charge in [0, 0.05) is 23.7 Å². The van der Waals surface area contributed by atoms with E-state index in [0.29, 0.717) is 26.1 Å². The molecule has 0 bridgehead atoms. The first kappa shape index (κ1) is 16.6. The van der Waals surface area contributed by atoms with Gasteiger partial charge in [-0.15, -0.1) is 0 Å². The van der Waals surface area contributed by atoms with E-state index in [9.17, 15) is 9.59 Å². The fraction of sp³-hybridized carbons (Fsp3) is 0.529. The van der Waals surface area contributed by atoms with Gasteiger partial charge in [-0.2, -0.15) is 0 Å². The van der Waals surface area contributed by atoms with Gasteiger partial charge in [-0.25, -0.2) is 0 Å². The number of hydrogen-bond donors (Lipinski definition) is 0. The summed E-state index contributed by atoms with van der Waals surface area (Å²) in [4.78, 5) is 25.3. The minimum Gasteiger partial charge on any atom is -0.468 e. The van der Waals surface area contributed by atoms with Crippen LogP contribution in [-0.4, -0.2) is 37.9 Å². The number of ether oxygens (including phenoxy) is 3. The lowest BCUT2D eigenvalue weighted by molar-refractivity contribution is -0.208. The van der Waals surface area contributed by atoms with Crippen LogP contribution in [0.15, 0.2) is 28.7 Å². The molecule has 5 nitrogen and oxygen atoms in total. The molecule has 1 spiro atoms. The maximum atomic E-state index is 12.7. The molecule has 2 fully saturated rings. The first-order valence-corrected chi connectivity index (χ1v) is 8.43. The van der Waals surface area contributed by atoms with E-state index in [1.165, 1.54) is 7.11 Å². The van der Waals surface area contributed by atoms with Crippen molar-refractivity contribution in [1.29, 1.82) is 0 Å². The van der Waals surface area contributed by atoms with E-state index in [-0.39, 0.29) is 18.6 Å². The third-order valence-corrected chi connectivity index (χ3v) is 5.18. The highest BCUT2D eigenvalue weighted by Gasteiger charge is 2.57. The molecule has 2 aliphatic rings. The molecule has 6 heteroatoms. The molecule has 1 atom stereocenters. The van der Waals surface area contributed by atoms with E-state index in [2.05, 4.69) is 15.9 Å². The Morgan fingerprint density at radius 2 is 1.91 bits per heavy atom. The molecule has 0 amide bonds. The fourth-order valence-electron chi connectivity index (χ4n) is 3.50. The molecule has 0 N–H and O–H groups in total. The van der Waals surface area contributed by atoms with Gasteiger partial charge in [0.25, 0.3) is 0 Å². The first-order chi connectivity index (χ1) is 11.0. The molecule has 1 saturated carbocycles. The molecule has 23 heavy (non-hydrogen) atoms. The summed E-state index contributed by atoms with van der Waals surface area (Å²) in [6.45, 7) is 0.980. The quantitative estimate of drug-likeness (QED) is 0.593. The van der Waals surface area contributed by atoms with Crippen molar-refractivity contribution in [3.8, 4) is 0 Å². The van der Waals surface area contributed by atoms with Crippen molar-refractivity contribution in [3.05, 3.63) is 34.3 Å². The number of methoxy groups -OCH3 is 1. The molecular formula is C17H19BrO5. The SMILES string of the molecule is COC(=O)C1(Cc2ccc(Br)cc2)CC2(CCC1=O)OCCO2. The largest absolute Gasteiger partial charge is 0.468 e. The highest BCUT2D eigenvalue weighted by Crippen LogP contribution is 2.46. The molecule has 1 aliphatic heterocycles. The first-order valence-electron chi connectivity index (χ1n) is 7.64. The second-order valence-corrected chi connectivity index (χ2v) is 7.00. The van der Waals surface area contributed by atoms with Gasteiger partial charge in [-0.05, 0) is 24.1 Å². The van der Waals surface area contributed by atoms with E-state index in [1.54, 1.807) is 0 Å². The molecular weight excluding hydrogens is 364 g/mol. The monoisotopic (exact) mass is 382 g/mol. The van der Waals surface area contributed by atoms with Crippen LogP contribution < -0.4 is 0 Å². The van der Waals surface area contributed by atoms with E-state index >= 15 is 0 Å². The Hall–Kier alpha value is -1.24. The summed E-state index contributed by atoms with van der Waals surface area (Å²) in [6, 6.07) is 7.59. The predicted octanol–water partition coefficient (Wildman–Crippen LogP) is 2.65. The van der Waals surface area contributed by atoms with Crippen LogP contribution in [-0.2, 0) is 30.2 Å². The van der Waals surface area contributed by atoms with Gasteiger partial charge in [0.2, 0.25) is 0 Å². The summed E-state index contributed by atoms with van der Waals surface area (Å²) in [7, 11) is 1.32. The van der Waals surface area contributed by atoms with Gasteiger partial charge in [-0.1, -0.05) is 28.1 Å². The number of esters is 1. The van der Waals surface area contributed by atoms with Crippen molar-refractivity contribution in [2.75, 3.05) is 20.3 Å². The Morgan fingerprint density at radius 1 is 1.26 bits per heavy atom. The van der Waals surface area contributed by atoms with E-state index in [1.807, 2.05) is 24.3 Å². The second kappa shape index (κ2) is 6.34. The molecule has 3 rings (SSSR count). The van der Waals surface area contributed by atoms with Crippen LogP contribution in [0.25, 0.3) is 0 Å². The molecule has 124 valence electrons. The predicted molar refractivity (Wildman–Crippen MR) is 85.8 cm³/mol. The zero-order valence-electron chi connectivity index (χ0n) is 13.0. The Labute approximate surface area is 143 Å². The Morgan fingerprint density at radius 3 is 2.52 bits per heavy atom. The number of halogens is 1. The van der Waals surface area contributed by atoms with Crippen molar-refractivity contribution in [2.45, 2.75) is 31.5 Å². The molecule has 1 saturated heterocycles. The Bertz CT molecular complexity index is 596. The molecule has 1 aromatic rings. The van der Waals surface area contributed by atoms with Gasteiger partial charge >= 0.3 is 5.97 Å². The maximum Gasteiger partial charge on any atom is 0.319 e. The number of ketones is 1. The third-order valence-electron chi connectivity index (χ3n) is 4.65. The lowest BCUT2D eigenvalue weighted by Crippen LogP contribution is -2.53. The summed E-state index contributed by atoms with van der Waals surface area (Å²) < 4.78 is 17.4. The topological polar surface area (TPSA) is 61.8 Å². The highest BCUT2D eigenvalue weighted by molar-refractivity contribution is 9.10. The summed E-state index contributed by atoms with van der Waals surface area (Å²) in [5.74, 6) is -1.45. The van der Waals surface area contributed by atoms with Crippen molar-refractivity contribution >= 4 is 27.7 Å². The zero-order chi connectivity index (χ0) is 16.5. The summed E-state index contributed by atoms with van der Waals surface area (Å²) in [5.41, 5.74) is -0.340. The van der Waals surface area contributed by atoms with Gasteiger partial charge in [0.05, 0.1) is 20.3 Å². The highest BCUT2D eigenvalue weighted by atomic mass is 79.9. The minimum absolute atomic E-state index is 0.100. The van der Waals surface area contributed by atoms with Gasteiger partial charge in [0.1, 0.15) is 5.41 Å². The van der Waals surface area contributed by atoms with Crippen molar-refractivity contribution in [1.82, 2.24) is 0 Å². The van der Waals surface area contributed by atoms with Crippen molar-refractivity contribution < 1.29 is 23.8 Å². The lowest BCUT2D eigenvalue weighted by atomic mass is 9.67. The smallest absolute Gasteiger partial charge is 0.319 e. The summed E-state index contributed by atoms with van der Waals surface area (Å²) >= 11 is 3.39. The number of Topliss-reactive ketones (excluding diaryl/α,β-unsaturated/α-hetero) is 1. The number of rotatable bonds is 3.